The smallest absolute Gasteiger partial charge is 0.323 e. The first-order valence-corrected chi connectivity index (χ1v) is 5.95. The van der Waals surface area contributed by atoms with Crippen molar-refractivity contribution in [3.8, 4) is 0 Å². The van der Waals surface area contributed by atoms with Crippen molar-refractivity contribution < 1.29 is 9.53 Å². The number of hydrogen-bond acceptors (Lipinski definition) is 3. The summed E-state index contributed by atoms with van der Waals surface area (Å²) < 4.78 is 5.05. The Kier molecular flexibility index (Phi) is 4.58. The molecule has 3 unspecified atom stereocenters. The molecule has 0 aromatic rings. The average molecular weight is 213 g/mol. The molecule has 88 valence electrons. The topological polar surface area (TPSA) is 29.5 Å². The fraction of sp³-hybridized carbons (Fsp3) is 0.917. The number of nitrogens with zero attached hydrogens (tertiary/aromatic N) is 1. The molecule has 1 heterocycles. The highest BCUT2D eigenvalue weighted by molar-refractivity contribution is 5.75. The SMILES string of the molecule is CCOC(=O)C(C)N1CC(C)CC(C)C1. The maximum atomic E-state index is 11.6. The molecule has 0 bridgehead atoms. The largest absolute Gasteiger partial charge is 0.465 e. The van der Waals surface area contributed by atoms with E-state index in [1.807, 2.05) is 13.8 Å². The van der Waals surface area contributed by atoms with E-state index in [9.17, 15) is 4.79 Å². The molecule has 1 saturated heterocycles. The van der Waals surface area contributed by atoms with Gasteiger partial charge in [0.2, 0.25) is 0 Å². The monoisotopic (exact) mass is 213 g/mol. The number of esters is 1. The highest BCUT2D eigenvalue weighted by atomic mass is 16.5. The predicted octanol–water partition coefficient (Wildman–Crippen LogP) is 1.92. The normalized spacial score (nSPS) is 29.9. The standard InChI is InChI=1S/C12H23NO2/c1-5-15-12(14)11(4)13-7-9(2)6-10(3)8-13/h9-11H,5-8H2,1-4H3. The van der Waals surface area contributed by atoms with Gasteiger partial charge in [-0.3, -0.25) is 9.69 Å². The molecular weight excluding hydrogens is 190 g/mol. The molecule has 0 saturated carbocycles. The lowest BCUT2D eigenvalue weighted by Gasteiger charge is -2.37. The van der Waals surface area contributed by atoms with Crippen LogP contribution in [-0.4, -0.2) is 36.6 Å². The summed E-state index contributed by atoms with van der Waals surface area (Å²) in [6.07, 6.45) is 1.27. The van der Waals surface area contributed by atoms with Crippen molar-refractivity contribution >= 4 is 5.97 Å². The molecule has 0 aromatic heterocycles. The Balaban J connectivity index is 2.51. The van der Waals surface area contributed by atoms with Crippen molar-refractivity contribution in [3.63, 3.8) is 0 Å². The Labute approximate surface area is 92.8 Å². The van der Waals surface area contributed by atoms with E-state index in [0.717, 1.165) is 13.1 Å². The number of ether oxygens (including phenoxy) is 1. The molecule has 3 heteroatoms. The lowest BCUT2D eigenvalue weighted by atomic mass is 9.91. The molecule has 3 atom stereocenters. The Morgan fingerprint density at radius 1 is 1.40 bits per heavy atom. The van der Waals surface area contributed by atoms with Gasteiger partial charge in [0, 0.05) is 13.1 Å². The van der Waals surface area contributed by atoms with Crippen LogP contribution >= 0.6 is 0 Å². The molecule has 0 radical (unpaired) electrons. The fourth-order valence-corrected chi connectivity index (χ4v) is 2.44. The molecule has 0 spiro atoms. The highest BCUT2D eigenvalue weighted by Gasteiger charge is 2.29. The Hall–Kier alpha value is -0.570. The van der Waals surface area contributed by atoms with E-state index in [1.54, 1.807) is 0 Å². The first kappa shape index (κ1) is 12.5. The van der Waals surface area contributed by atoms with E-state index < -0.39 is 0 Å². The molecule has 0 amide bonds. The average Bonchev–Trinajstić information content (AvgIpc) is 2.15. The summed E-state index contributed by atoms with van der Waals surface area (Å²) in [6.45, 7) is 10.8. The first-order chi connectivity index (χ1) is 7.04. The third-order valence-corrected chi connectivity index (χ3v) is 3.07. The number of likely N-dealkylation sites (tertiary alicyclic amines) is 1. The van der Waals surface area contributed by atoms with Crippen LogP contribution < -0.4 is 0 Å². The van der Waals surface area contributed by atoms with Gasteiger partial charge in [0.1, 0.15) is 6.04 Å². The van der Waals surface area contributed by atoms with Crippen molar-refractivity contribution in [2.75, 3.05) is 19.7 Å². The van der Waals surface area contributed by atoms with Crippen LogP contribution in [0.3, 0.4) is 0 Å². The van der Waals surface area contributed by atoms with Gasteiger partial charge in [-0.2, -0.15) is 0 Å². The minimum absolute atomic E-state index is 0.0844. The molecule has 3 nitrogen and oxygen atoms in total. The van der Waals surface area contributed by atoms with Crippen LogP contribution in [0.4, 0.5) is 0 Å². The maximum Gasteiger partial charge on any atom is 0.323 e. The van der Waals surface area contributed by atoms with Gasteiger partial charge in [-0.05, 0) is 32.1 Å². The van der Waals surface area contributed by atoms with Crippen molar-refractivity contribution in [2.24, 2.45) is 11.8 Å². The van der Waals surface area contributed by atoms with Gasteiger partial charge in [0.05, 0.1) is 6.61 Å². The van der Waals surface area contributed by atoms with E-state index in [-0.39, 0.29) is 12.0 Å². The van der Waals surface area contributed by atoms with Gasteiger partial charge in [-0.25, -0.2) is 0 Å². The van der Waals surface area contributed by atoms with Crippen LogP contribution in [-0.2, 0) is 9.53 Å². The third kappa shape index (κ3) is 3.49. The number of carbonyl (C=O) groups is 1. The summed E-state index contributed by atoms with van der Waals surface area (Å²) in [5.41, 5.74) is 0. The van der Waals surface area contributed by atoms with Gasteiger partial charge in [-0.15, -0.1) is 0 Å². The van der Waals surface area contributed by atoms with E-state index >= 15 is 0 Å². The Bertz CT molecular complexity index is 208. The van der Waals surface area contributed by atoms with E-state index in [1.165, 1.54) is 6.42 Å². The van der Waals surface area contributed by atoms with Crippen LogP contribution in [0.25, 0.3) is 0 Å². The highest BCUT2D eigenvalue weighted by Crippen LogP contribution is 2.22. The number of carbonyl (C=O) groups excluding carboxylic acids is 1. The summed E-state index contributed by atoms with van der Waals surface area (Å²) in [7, 11) is 0. The summed E-state index contributed by atoms with van der Waals surface area (Å²) in [5.74, 6) is 1.29. The summed E-state index contributed by atoms with van der Waals surface area (Å²) in [4.78, 5) is 13.8. The van der Waals surface area contributed by atoms with Crippen LogP contribution in [0, 0.1) is 11.8 Å². The molecule has 15 heavy (non-hydrogen) atoms. The van der Waals surface area contributed by atoms with Crippen LogP contribution in [0.15, 0.2) is 0 Å². The second-order valence-corrected chi connectivity index (χ2v) is 4.83. The van der Waals surface area contributed by atoms with E-state index in [0.29, 0.717) is 18.4 Å². The zero-order valence-electron chi connectivity index (χ0n) is 10.3. The zero-order chi connectivity index (χ0) is 11.4. The number of piperidine rings is 1. The van der Waals surface area contributed by atoms with Gasteiger partial charge in [-0.1, -0.05) is 13.8 Å². The summed E-state index contributed by atoms with van der Waals surface area (Å²) >= 11 is 0. The Morgan fingerprint density at radius 3 is 2.40 bits per heavy atom. The predicted molar refractivity (Wildman–Crippen MR) is 60.6 cm³/mol. The van der Waals surface area contributed by atoms with Crippen LogP contribution in [0.1, 0.15) is 34.1 Å². The molecule has 0 aliphatic carbocycles. The number of rotatable bonds is 3. The minimum atomic E-state index is -0.0878. The summed E-state index contributed by atoms with van der Waals surface area (Å²) in [5, 5.41) is 0. The van der Waals surface area contributed by atoms with Gasteiger partial charge in [0.25, 0.3) is 0 Å². The van der Waals surface area contributed by atoms with Crippen molar-refractivity contribution in [2.45, 2.75) is 40.2 Å². The lowest BCUT2D eigenvalue weighted by molar-refractivity contribution is -0.149. The first-order valence-electron chi connectivity index (χ1n) is 5.95. The molecule has 1 aliphatic rings. The molecule has 0 N–H and O–H groups in total. The van der Waals surface area contributed by atoms with Crippen LogP contribution in [0.2, 0.25) is 0 Å². The van der Waals surface area contributed by atoms with Crippen molar-refractivity contribution in [1.29, 1.82) is 0 Å². The number of hydrogen-bond donors (Lipinski definition) is 0. The maximum absolute atomic E-state index is 11.6. The van der Waals surface area contributed by atoms with Crippen molar-refractivity contribution in [3.05, 3.63) is 0 Å². The molecule has 0 aromatic carbocycles. The third-order valence-electron chi connectivity index (χ3n) is 3.07. The molecular formula is C12H23NO2. The van der Waals surface area contributed by atoms with Gasteiger partial charge < -0.3 is 4.74 Å². The quantitative estimate of drug-likeness (QED) is 0.671. The van der Waals surface area contributed by atoms with Gasteiger partial charge >= 0.3 is 5.97 Å². The van der Waals surface area contributed by atoms with Crippen LogP contribution in [0.5, 0.6) is 0 Å². The second-order valence-electron chi connectivity index (χ2n) is 4.83. The lowest BCUT2D eigenvalue weighted by Crippen LogP contribution is -2.47. The Morgan fingerprint density at radius 2 is 1.93 bits per heavy atom. The second kappa shape index (κ2) is 5.50. The summed E-state index contributed by atoms with van der Waals surface area (Å²) in [6, 6.07) is -0.0878. The van der Waals surface area contributed by atoms with Crippen molar-refractivity contribution in [1.82, 2.24) is 4.90 Å². The minimum Gasteiger partial charge on any atom is -0.465 e. The molecule has 1 rings (SSSR count). The fourth-order valence-electron chi connectivity index (χ4n) is 2.44. The molecule has 1 fully saturated rings. The van der Waals surface area contributed by atoms with E-state index in [2.05, 4.69) is 18.7 Å². The zero-order valence-corrected chi connectivity index (χ0v) is 10.3. The molecule has 1 aliphatic heterocycles. The van der Waals surface area contributed by atoms with E-state index in [4.69, 9.17) is 4.74 Å². The van der Waals surface area contributed by atoms with Gasteiger partial charge in [0.15, 0.2) is 0 Å².